The molecule has 0 unspecified atom stereocenters. The number of hydrogen-bond acceptors (Lipinski definition) is 3. The van der Waals surface area contributed by atoms with Crippen LogP contribution < -0.4 is 5.32 Å². The quantitative estimate of drug-likeness (QED) is 0.824. The van der Waals surface area contributed by atoms with E-state index in [-0.39, 0.29) is 17.2 Å². The molecule has 1 N–H and O–H groups in total. The van der Waals surface area contributed by atoms with E-state index in [4.69, 9.17) is 4.74 Å². The predicted molar refractivity (Wildman–Crippen MR) is 76.0 cm³/mol. The Labute approximate surface area is 116 Å². The largest absolute Gasteiger partial charge is 0.384 e. The van der Waals surface area contributed by atoms with Crippen LogP contribution in [-0.2, 0) is 9.53 Å². The lowest BCUT2D eigenvalue weighted by Gasteiger charge is -2.32. The van der Waals surface area contributed by atoms with Crippen molar-refractivity contribution in [3.63, 3.8) is 0 Å². The third-order valence-electron chi connectivity index (χ3n) is 4.75. The molecule has 1 saturated carbocycles. The molecule has 0 radical (unpaired) electrons. The maximum absolute atomic E-state index is 12.3. The first-order chi connectivity index (χ1) is 9.15. The van der Waals surface area contributed by atoms with E-state index < -0.39 is 0 Å². The number of carbonyl (C=O) groups is 1. The van der Waals surface area contributed by atoms with Gasteiger partial charge in [0.1, 0.15) is 0 Å². The van der Waals surface area contributed by atoms with Gasteiger partial charge in [-0.1, -0.05) is 12.8 Å². The summed E-state index contributed by atoms with van der Waals surface area (Å²) >= 11 is 0. The summed E-state index contributed by atoms with van der Waals surface area (Å²) in [5.41, 5.74) is 0.199. The van der Waals surface area contributed by atoms with Crippen molar-refractivity contribution in [3.05, 3.63) is 0 Å². The average molecular weight is 268 g/mol. The highest BCUT2D eigenvalue weighted by Crippen LogP contribution is 2.37. The molecule has 2 aliphatic rings. The zero-order valence-electron chi connectivity index (χ0n) is 12.4. The first-order valence-corrected chi connectivity index (χ1v) is 7.60. The molecule has 0 bridgehead atoms. The molecular formula is C15H28N2O2. The maximum Gasteiger partial charge on any atom is 0.224 e. The molecule has 19 heavy (non-hydrogen) atoms. The van der Waals surface area contributed by atoms with E-state index >= 15 is 0 Å². The molecule has 1 amide bonds. The summed E-state index contributed by atoms with van der Waals surface area (Å²) in [5.74, 6) is 0.425. The maximum atomic E-state index is 12.3. The van der Waals surface area contributed by atoms with Crippen molar-refractivity contribution in [2.75, 3.05) is 40.4 Å². The van der Waals surface area contributed by atoms with Crippen molar-refractivity contribution < 1.29 is 9.53 Å². The van der Waals surface area contributed by atoms with E-state index in [1.54, 1.807) is 7.11 Å². The van der Waals surface area contributed by atoms with Crippen molar-refractivity contribution in [2.24, 2.45) is 11.3 Å². The Balaban J connectivity index is 1.81. The molecule has 4 nitrogen and oxygen atoms in total. The van der Waals surface area contributed by atoms with E-state index in [1.165, 1.54) is 25.7 Å². The van der Waals surface area contributed by atoms with Gasteiger partial charge in [0.15, 0.2) is 0 Å². The molecule has 1 aliphatic heterocycles. The van der Waals surface area contributed by atoms with Gasteiger partial charge in [-0.25, -0.2) is 0 Å². The number of nitrogens with zero attached hydrogens (tertiary/aromatic N) is 1. The van der Waals surface area contributed by atoms with Crippen molar-refractivity contribution in [1.29, 1.82) is 0 Å². The van der Waals surface area contributed by atoms with Gasteiger partial charge in [-0.2, -0.15) is 0 Å². The highest BCUT2D eigenvalue weighted by molar-refractivity contribution is 5.79. The smallest absolute Gasteiger partial charge is 0.224 e. The van der Waals surface area contributed by atoms with E-state index in [1.807, 2.05) is 0 Å². The Morgan fingerprint density at radius 1 is 1.37 bits per heavy atom. The van der Waals surface area contributed by atoms with Gasteiger partial charge in [-0.3, -0.25) is 4.79 Å². The Bertz CT molecular complexity index is 301. The van der Waals surface area contributed by atoms with Gasteiger partial charge in [-0.15, -0.1) is 0 Å². The topological polar surface area (TPSA) is 41.6 Å². The van der Waals surface area contributed by atoms with Crippen LogP contribution in [0.5, 0.6) is 0 Å². The molecule has 4 heteroatoms. The molecule has 110 valence electrons. The van der Waals surface area contributed by atoms with Gasteiger partial charge < -0.3 is 15.0 Å². The third kappa shape index (κ3) is 3.93. The number of likely N-dealkylation sites (tertiary alicyclic amines) is 1. The summed E-state index contributed by atoms with van der Waals surface area (Å²) in [5, 5.41) is 3.19. The molecule has 2 rings (SSSR count). The van der Waals surface area contributed by atoms with Crippen molar-refractivity contribution in [3.8, 4) is 0 Å². The minimum atomic E-state index is 0.180. The van der Waals surface area contributed by atoms with Crippen LogP contribution in [0.3, 0.4) is 0 Å². The van der Waals surface area contributed by atoms with Crippen LogP contribution in [0.25, 0.3) is 0 Å². The van der Waals surface area contributed by atoms with Crippen LogP contribution in [0.15, 0.2) is 0 Å². The van der Waals surface area contributed by atoms with E-state index in [2.05, 4.69) is 17.3 Å². The number of carbonyl (C=O) groups excluding carboxylic acids is 1. The van der Waals surface area contributed by atoms with Gasteiger partial charge in [0.05, 0.1) is 12.5 Å². The van der Waals surface area contributed by atoms with Crippen LogP contribution in [0.1, 0.15) is 38.5 Å². The minimum Gasteiger partial charge on any atom is -0.384 e. The van der Waals surface area contributed by atoms with Crippen molar-refractivity contribution in [1.82, 2.24) is 10.2 Å². The summed E-state index contributed by atoms with van der Waals surface area (Å²) in [6.07, 6.45) is 7.08. The van der Waals surface area contributed by atoms with Crippen LogP contribution >= 0.6 is 0 Å². The van der Waals surface area contributed by atoms with Crippen LogP contribution in [0, 0.1) is 11.3 Å². The number of nitrogens with one attached hydrogen (secondary N) is 1. The number of hydrogen-bond donors (Lipinski definition) is 1. The van der Waals surface area contributed by atoms with Crippen molar-refractivity contribution >= 4 is 5.91 Å². The van der Waals surface area contributed by atoms with E-state index in [9.17, 15) is 4.79 Å². The number of ether oxygens (including phenoxy) is 1. The minimum absolute atomic E-state index is 0.180. The van der Waals surface area contributed by atoms with Crippen LogP contribution in [0.2, 0.25) is 0 Å². The molecule has 2 fully saturated rings. The lowest BCUT2D eigenvalue weighted by Crippen LogP contribution is -2.45. The second kappa shape index (κ2) is 6.71. The first kappa shape index (κ1) is 14.8. The number of amides is 1. The molecule has 0 aromatic carbocycles. The summed E-state index contributed by atoms with van der Waals surface area (Å²) < 4.78 is 5.36. The molecule has 1 heterocycles. The fourth-order valence-electron chi connectivity index (χ4n) is 3.60. The normalized spacial score (nSPS) is 27.4. The Hall–Kier alpha value is -0.610. The van der Waals surface area contributed by atoms with Crippen molar-refractivity contribution in [2.45, 2.75) is 38.5 Å². The fraction of sp³-hybridized carbons (Fsp3) is 0.933. The monoisotopic (exact) mass is 268 g/mol. The molecule has 0 aromatic heterocycles. The van der Waals surface area contributed by atoms with Crippen LogP contribution in [-0.4, -0.2) is 51.2 Å². The molecular weight excluding hydrogens is 240 g/mol. The zero-order valence-corrected chi connectivity index (χ0v) is 12.4. The third-order valence-corrected chi connectivity index (χ3v) is 4.75. The van der Waals surface area contributed by atoms with E-state index in [0.717, 1.165) is 39.1 Å². The lowest BCUT2D eigenvalue weighted by atomic mass is 9.86. The second-order valence-corrected chi connectivity index (χ2v) is 6.46. The highest BCUT2D eigenvalue weighted by atomic mass is 16.5. The standard InChI is InChI=1S/C15H28N2O2/c1-17-9-5-6-13(10-17)14(18)16-11-15(12-19-2)7-3-4-8-15/h13H,3-12H2,1-2H3,(H,16,18)/t13-/m0/s1. The Morgan fingerprint density at radius 2 is 2.11 bits per heavy atom. The predicted octanol–water partition coefficient (Wildman–Crippen LogP) is 1.65. The lowest BCUT2D eigenvalue weighted by molar-refractivity contribution is -0.127. The molecule has 1 atom stereocenters. The summed E-state index contributed by atoms with van der Waals surface area (Å²) in [6, 6.07) is 0. The zero-order chi connectivity index (χ0) is 13.7. The van der Waals surface area contributed by atoms with Crippen LogP contribution in [0.4, 0.5) is 0 Å². The molecule has 0 aromatic rings. The number of methoxy groups -OCH3 is 1. The number of piperidine rings is 1. The van der Waals surface area contributed by atoms with E-state index in [0.29, 0.717) is 0 Å². The summed E-state index contributed by atoms with van der Waals surface area (Å²) in [7, 11) is 3.86. The highest BCUT2D eigenvalue weighted by Gasteiger charge is 2.35. The SMILES string of the molecule is COCC1(CNC(=O)[C@H]2CCCN(C)C2)CCCC1. The Kier molecular flexibility index (Phi) is 5.22. The average Bonchev–Trinajstić information content (AvgIpc) is 2.85. The van der Waals surface area contributed by atoms with Gasteiger partial charge in [-0.05, 0) is 39.3 Å². The summed E-state index contributed by atoms with van der Waals surface area (Å²) in [6.45, 7) is 3.60. The molecule has 0 spiro atoms. The van der Waals surface area contributed by atoms with Gasteiger partial charge in [0, 0.05) is 25.6 Å². The molecule has 1 saturated heterocycles. The number of rotatable bonds is 5. The second-order valence-electron chi connectivity index (χ2n) is 6.46. The first-order valence-electron chi connectivity index (χ1n) is 7.60. The van der Waals surface area contributed by atoms with Gasteiger partial charge in [0.2, 0.25) is 5.91 Å². The summed E-state index contributed by atoms with van der Waals surface area (Å²) in [4.78, 5) is 14.5. The Morgan fingerprint density at radius 3 is 2.74 bits per heavy atom. The van der Waals surface area contributed by atoms with Gasteiger partial charge >= 0.3 is 0 Å². The fourth-order valence-corrected chi connectivity index (χ4v) is 3.60. The van der Waals surface area contributed by atoms with Gasteiger partial charge in [0.25, 0.3) is 0 Å². The molecule has 1 aliphatic carbocycles.